The van der Waals surface area contributed by atoms with Gasteiger partial charge in [0.15, 0.2) is 0 Å². The minimum atomic E-state index is 0.485. The molecule has 1 N–H and O–H groups in total. The molecule has 0 saturated carbocycles. The number of rotatable bonds is 6. The van der Waals surface area contributed by atoms with Crippen molar-refractivity contribution in [1.82, 2.24) is 0 Å². The van der Waals surface area contributed by atoms with Crippen LogP contribution in [0.25, 0.3) is 0 Å². The van der Waals surface area contributed by atoms with Gasteiger partial charge in [0.05, 0.1) is 4.47 Å². The van der Waals surface area contributed by atoms with E-state index in [0.717, 1.165) is 33.0 Å². The molecule has 0 aliphatic heterocycles. The van der Waals surface area contributed by atoms with Crippen LogP contribution in [0.2, 0.25) is 5.02 Å². The maximum Gasteiger partial charge on any atom is 0.134 e. The summed E-state index contributed by atoms with van der Waals surface area (Å²) in [6.45, 7) is 5.48. The van der Waals surface area contributed by atoms with E-state index in [4.69, 9.17) is 16.3 Å². The zero-order valence-electron chi connectivity index (χ0n) is 14.9. The summed E-state index contributed by atoms with van der Waals surface area (Å²) in [4.78, 5) is 0. The second kappa shape index (κ2) is 8.61. The molecule has 3 aromatic carbocycles. The van der Waals surface area contributed by atoms with E-state index in [1.165, 1.54) is 16.7 Å². The minimum absolute atomic E-state index is 0.485. The smallest absolute Gasteiger partial charge is 0.134 e. The van der Waals surface area contributed by atoms with Gasteiger partial charge < -0.3 is 10.1 Å². The van der Waals surface area contributed by atoms with Crippen molar-refractivity contribution < 1.29 is 4.74 Å². The van der Waals surface area contributed by atoms with Gasteiger partial charge in [-0.15, -0.1) is 0 Å². The van der Waals surface area contributed by atoms with Crippen LogP contribution in [0.4, 0.5) is 5.69 Å². The Bertz CT molecular complexity index is 910. The van der Waals surface area contributed by atoms with Gasteiger partial charge in [-0.25, -0.2) is 0 Å². The molecule has 3 rings (SSSR count). The standard InChI is InChI=1S/C22H21BrClNO/c1-15-6-8-21(16(2)10-15)25-13-17-7-9-22(20(23)12-17)26-14-18-4-3-5-19(24)11-18/h3-12,25H,13-14H2,1-2H3. The quantitative estimate of drug-likeness (QED) is 0.458. The van der Waals surface area contributed by atoms with Crippen molar-refractivity contribution in [3.05, 3.63) is 92.4 Å². The average molecular weight is 431 g/mol. The lowest BCUT2D eigenvalue weighted by Crippen LogP contribution is -2.02. The Labute approximate surface area is 168 Å². The fourth-order valence-corrected chi connectivity index (χ4v) is 3.52. The molecule has 134 valence electrons. The third kappa shape index (κ3) is 5.03. The van der Waals surface area contributed by atoms with Gasteiger partial charge in [-0.3, -0.25) is 0 Å². The molecule has 0 fully saturated rings. The summed E-state index contributed by atoms with van der Waals surface area (Å²) in [5, 5.41) is 4.21. The molecule has 0 heterocycles. The van der Waals surface area contributed by atoms with Gasteiger partial charge >= 0.3 is 0 Å². The Morgan fingerprint density at radius 2 is 1.81 bits per heavy atom. The third-order valence-electron chi connectivity index (χ3n) is 4.14. The largest absolute Gasteiger partial charge is 0.488 e. The van der Waals surface area contributed by atoms with Crippen LogP contribution in [-0.2, 0) is 13.2 Å². The SMILES string of the molecule is Cc1ccc(NCc2ccc(OCc3cccc(Cl)c3)c(Br)c2)c(C)c1. The Morgan fingerprint density at radius 1 is 0.962 bits per heavy atom. The van der Waals surface area contributed by atoms with E-state index in [-0.39, 0.29) is 0 Å². The molecule has 26 heavy (non-hydrogen) atoms. The van der Waals surface area contributed by atoms with Crippen LogP contribution in [0, 0.1) is 13.8 Å². The molecule has 0 radical (unpaired) electrons. The van der Waals surface area contributed by atoms with Crippen molar-refractivity contribution in [3.8, 4) is 5.75 Å². The Balaban J connectivity index is 1.61. The van der Waals surface area contributed by atoms with Crippen LogP contribution in [0.3, 0.4) is 0 Å². The zero-order chi connectivity index (χ0) is 18.5. The van der Waals surface area contributed by atoms with Crippen molar-refractivity contribution >= 4 is 33.2 Å². The van der Waals surface area contributed by atoms with E-state index in [1.54, 1.807) is 0 Å². The number of aryl methyl sites for hydroxylation is 2. The monoisotopic (exact) mass is 429 g/mol. The molecule has 0 aliphatic carbocycles. The van der Waals surface area contributed by atoms with Crippen molar-refractivity contribution in [2.75, 3.05) is 5.32 Å². The van der Waals surface area contributed by atoms with Crippen LogP contribution in [0.15, 0.2) is 65.1 Å². The molecule has 0 aliphatic rings. The summed E-state index contributed by atoms with van der Waals surface area (Å²) in [5.41, 5.74) is 5.92. The van der Waals surface area contributed by atoms with E-state index < -0.39 is 0 Å². The normalized spacial score (nSPS) is 10.6. The molecule has 0 atom stereocenters. The zero-order valence-corrected chi connectivity index (χ0v) is 17.2. The lowest BCUT2D eigenvalue weighted by atomic mass is 10.1. The van der Waals surface area contributed by atoms with Crippen LogP contribution >= 0.6 is 27.5 Å². The fourth-order valence-electron chi connectivity index (χ4n) is 2.77. The van der Waals surface area contributed by atoms with Crippen molar-refractivity contribution in [1.29, 1.82) is 0 Å². The summed E-state index contributed by atoms with van der Waals surface area (Å²) in [7, 11) is 0. The highest BCUT2D eigenvalue weighted by Gasteiger charge is 2.05. The summed E-state index contributed by atoms with van der Waals surface area (Å²) in [5.74, 6) is 0.820. The number of halogens is 2. The molecular weight excluding hydrogens is 410 g/mol. The number of anilines is 1. The summed E-state index contributed by atoms with van der Waals surface area (Å²) in [6, 6.07) is 20.3. The predicted molar refractivity (Wildman–Crippen MR) is 113 cm³/mol. The molecule has 3 aromatic rings. The van der Waals surface area contributed by atoms with Crippen LogP contribution in [-0.4, -0.2) is 0 Å². The summed E-state index contributed by atoms with van der Waals surface area (Å²) < 4.78 is 6.85. The van der Waals surface area contributed by atoms with Crippen molar-refractivity contribution in [3.63, 3.8) is 0 Å². The van der Waals surface area contributed by atoms with Crippen molar-refractivity contribution in [2.45, 2.75) is 27.0 Å². The molecule has 0 amide bonds. The van der Waals surface area contributed by atoms with Crippen LogP contribution in [0.5, 0.6) is 5.75 Å². The lowest BCUT2D eigenvalue weighted by Gasteiger charge is -2.13. The molecule has 0 bridgehead atoms. The van der Waals surface area contributed by atoms with Gasteiger partial charge in [0, 0.05) is 17.3 Å². The second-order valence-electron chi connectivity index (χ2n) is 6.36. The first-order valence-electron chi connectivity index (χ1n) is 8.48. The molecule has 0 aromatic heterocycles. The van der Waals surface area contributed by atoms with Crippen LogP contribution < -0.4 is 10.1 Å². The average Bonchev–Trinajstić information content (AvgIpc) is 2.60. The molecule has 0 spiro atoms. The predicted octanol–water partition coefficient (Wildman–Crippen LogP) is 6.91. The number of hydrogen-bond acceptors (Lipinski definition) is 2. The third-order valence-corrected chi connectivity index (χ3v) is 5.00. The topological polar surface area (TPSA) is 21.3 Å². The van der Waals surface area contributed by atoms with Gasteiger partial charge in [-0.05, 0) is 76.8 Å². The maximum absolute atomic E-state index is 6.01. The van der Waals surface area contributed by atoms with Crippen molar-refractivity contribution in [2.24, 2.45) is 0 Å². The summed E-state index contributed by atoms with van der Waals surface area (Å²) in [6.07, 6.45) is 0. The van der Waals surface area contributed by atoms with Gasteiger partial charge in [-0.1, -0.05) is 47.5 Å². The van der Waals surface area contributed by atoms with E-state index >= 15 is 0 Å². The summed E-state index contributed by atoms with van der Waals surface area (Å²) >= 11 is 9.62. The van der Waals surface area contributed by atoms with Gasteiger partial charge in [0.2, 0.25) is 0 Å². The van der Waals surface area contributed by atoms with E-state index in [2.05, 4.69) is 65.4 Å². The molecule has 0 saturated heterocycles. The van der Waals surface area contributed by atoms with Gasteiger partial charge in [0.1, 0.15) is 12.4 Å². The van der Waals surface area contributed by atoms with Gasteiger partial charge in [-0.2, -0.15) is 0 Å². The Morgan fingerprint density at radius 3 is 2.54 bits per heavy atom. The first-order chi connectivity index (χ1) is 12.5. The van der Waals surface area contributed by atoms with E-state index in [0.29, 0.717) is 6.61 Å². The van der Waals surface area contributed by atoms with E-state index in [1.807, 2.05) is 30.3 Å². The number of hydrogen-bond donors (Lipinski definition) is 1. The molecule has 0 unspecified atom stereocenters. The lowest BCUT2D eigenvalue weighted by molar-refractivity contribution is 0.304. The first-order valence-corrected chi connectivity index (χ1v) is 9.65. The number of benzene rings is 3. The number of ether oxygens (including phenoxy) is 1. The molecule has 2 nitrogen and oxygen atoms in total. The minimum Gasteiger partial charge on any atom is -0.488 e. The maximum atomic E-state index is 6.01. The van der Waals surface area contributed by atoms with Gasteiger partial charge in [0.25, 0.3) is 0 Å². The second-order valence-corrected chi connectivity index (χ2v) is 7.65. The molecular formula is C22H21BrClNO. The van der Waals surface area contributed by atoms with E-state index in [9.17, 15) is 0 Å². The first kappa shape index (κ1) is 18.8. The number of nitrogens with one attached hydrogen (secondary N) is 1. The molecule has 4 heteroatoms. The highest BCUT2D eigenvalue weighted by atomic mass is 79.9. The Kier molecular flexibility index (Phi) is 6.23. The Hall–Kier alpha value is -1.97. The van der Waals surface area contributed by atoms with Crippen LogP contribution in [0.1, 0.15) is 22.3 Å². The fraction of sp³-hybridized carbons (Fsp3) is 0.182. The highest BCUT2D eigenvalue weighted by Crippen LogP contribution is 2.28. The highest BCUT2D eigenvalue weighted by molar-refractivity contribution is 9.10.